The minimum absolute atomic E-state index is 0.0556. The van der Waals surface area contributed by atoms with E-state index >= 15 is 0 Å². The van der Waals surface area contributed by atoms with Crippen molar-refractivity contribution >= 4 is 23.5 Å². The Morgan fingerprint density at radius 1 is 1.14 bits per heavy atom. The molecule has 144 valence electrons. The third-order valence-corrected chi connectivity index (χ3v) is 4.54. The van der Waals surface area contributed by atoms with Crippen LogP contribution in [-0.4, -0.2) is 31.7 Å². The number of nitrogens with one attached hydrogen (secondary N) is 1. The first-order chi connectivity index (χ1) is 13.3. The van der Waals surface area contributed by atoms with E-state index in [0.717, 1.165) is 5.56 Å². The number of aryl methyl sites for hydroxylation is 2. The number of hydrogen-bond acceptors (Lipinski definition) is 4. The normalized spacial score (nSPS) is 11.8. The van der Waals surface area contributed by atoms with Crippen LogP contribution in [0.1, 0.15) is 40.0 Å². The second-order valence-corrected chi connectivity index (χ2v) is 6.79. The molecule has 2 N–H and O–H groups in total. The van der Waals surface area contributed by atoms with Crippen LogP contribution in [0.25, 0.3) is 5.69 Å². The Bertz CT molecular complexity index is 1010. The molecule has 1 heterocycles. The minimum atomic E-state index is -1.02. The van der Waals surface area contributed by atoms with Crippen molar-refractivity contribution in [1.29, 1.82) is 0 Å². The molecule has 7 nitrogen and oxygen atoms in total. The average molecular weight is 399 g/mol. The molecule has 1 amide bonds. The summed E-state index contributed by atoms with van der Waals surface area (Å²) in [7, 11) is 0. The van der Waals surface area contributed by atoms with E-state index in [1.807, 2.05) is 25.1 Å². The Balaban J connectivity index is 1.86. The van der Waals surface area contributed by atoms with Crippen molar-refractivity contribution < 1.29 is 14.7 Å². The molecular weight excluding hydrogens is 380 g/mol. The molecule has 0 aliphatic heterocycles. The zero-order chi connectivity index (χ0) is 20.3. The largest absolute Gasteiger partial charge is 0.481 e. The first-order valence-electron chi connectivity index (χ1n) is 8.63. The van der Waals surface area contributed by atoms with Gasteiger partial charge in [-0.25, -0.2) is 9.67 Å². The second-order valence-electron chi connectivity index (χ2n) is 6.38. The van der Waals surface area contributed by atoms with Crippen molar-refractivity contribution in [2.24, 2.45) is 0 Å². The maximum absolute atomic E-state index is 12.7. The van der Waals surface area contributed by atoms with E-state index in [1.54, 1.807) is 37.3 Å². The molecule has 3 aromatic rings. The van der Waals surface area contributed by atoms with Crippen LogP contribution >= 0.6 is 11.6 Å². The van der Waals surface area contributed by atoms with E-state index < -0.39 is 17.9 Å². The van der Waals surface area contributed by atoms with Crippen molar-refractivity contribution in [3.63, 3.8) is 0 Å². The highest BCUT2D eigenvalue weighted by molar-refractivity contribution is 6.32. The van der Waals surface area contributed by atoms with Crippen LogP contribution in [0.15, 0.2) is 48.5 Å². The molecule has 1 aromatic heterocycles. The third kappa shape index (κ3) is 4.37. The lowest BCUT2D eigenvalue weighted by Gasteiger charge is -2.16. The van der Waals surface area contributed by atoms with Gasteiger partial charge in [-0.2, -0.15) is 0 Å². The average Bonchev–Trinajstić information content (AvgIpc) is 3.03. The highest BCUT2D eigenvalue weighted by Crippen LogP contribution is 2.21. The summed E-state index contributed by atoms with van der Waals surface area (Å²) in [6.45, 7) is 3.64. The summed E-state index contributed by atoms with van der Waals surface area (Å²) < 4.78 is 1.48. The van der Waals surface area contributed by atoms with Crippen LogP contribution in [0, 0.1) is 13.8 Å². The molecule has 1 atom stereocenters. The van der Waals surface area contributed by atoms with Crippen LogP contribution in [0.4, 0.5) is 0 Å². The van der Waals surface area contributed by atoms with Crippen molar-refractivity contribution in [1.82, 2.24) is 20.1 Å². The third-order valence-electron chi connectivity index (χ3n) is 4.22. The number of benzene rings is 2. The molecular formula is C20H19ClN4O3. The fraction of sp³-hybridized carbons (Fsp3) is 0.200. The van der Waals surface area contributed by atoms with Gasteiger partial charge in [0.15, 0.2) is 0 Å². The number of aliphatic carboxylic acids is 1. The van der Waals surface area contributed by atoms with Crippen LogP contribution in [0.3, 0.4) is 0 Å². The Labute approximate surface area is 167 Å². The Kier molecular flexibility index (Phi) is 5.75. The van der Waals surface area contributed by atoms with Crippen molar-refractivity contribution in [3.05, 3.63) is 76.3 Å². The first kappa shape index (κ1) is 19.6. The number of hydrogen-bond donors (Lipinski definition) is 2. The number of aromatic nitrogens is 3. The lowest BCUT2D eigenvalue weighted by atomic mass is 10.0. The molecule has 0 saturated heterocycles. The monoisotopic (exact) mass is 398 g/mol. The maximum atomic E-state index is 12.7. The predicted molar refractivity (Wildman–Crippen MR) is 105 cm³/mol. The van der Waals surface area contributed by atoms with Gasteiger partial charge in [-0.05, 0) is 31.5 Å². The van der Waals surface area contributed by atoms with Gasteiger partial charge in [-0.15, -0.1) is 5.10 Å². The van der Waals surface area contributed by atoms with Crippen LogP contribution < -0.4 is 5.32 Å². The highest BCUT2D eigenvalue weighted by Gasteiger charge is 2.22. The van der Waals surface area contributed by atoms with Crippen molar-refractivity contribution in [2.45, 2.75) is 26.3 Å². The molecule has 0 aliphatic rings. The van der Waals surface area contributed by atoms with Gasteiger partial charge in [-0.1, -0.05) is 53.6 Å². The van der Waals surface area contributed by atoms with Crippen LogP contribution in [0.5, 0.6) is 0 Å². The van der Waals surface area contributed by atoms with Gasteiger partial charge < -0.3 is 10.4 Å². The molecule has 0 radical (unpaired) electrons. The van der Waals surface area contributed by atoms with Gasteiger partial charge in [0.1, 0.15) is 5.82 Å². The Morgan fingerprint density at radius 3 is 2.46 bits per heavy atom. The molecule has 0 fully saturated rings. The number of carboxylic acids is 1. The van der Waals surface area contributed by atoms with Gasteiger partial charge in [0.25, 0.3) is 5.91 Å². The summed E-state index contributed by atoms with van der Waals surface area (Å²) in [6.07, 6.45) is -0.251. The second kappa shape index (κ2) is 8.22. The highest BCUT2D eigenvalue weighted by atomic mass is 35.5. The SMILES string of the molecule is Cc1ccc([C@H](CC(=O)O)NC(=O)c2nc(C)n(-c3ccccc3Cl)n2)cc1. The van der Waals surface area contributed by atoms with E-state index in [4.69, 9.17) is 11.6 Å². The molecule has 8 heteroatoms. The van der Waals surface area contributed by atoms with Gasteiger partial charge >= 0.3 is 5.97 Å². The molecule has 0 unspecified atom stereocenters. The van der Waals surface area contributed by atoms with Crippen LogP contribution in [0.2, 0.25) is 5.02 Å². The summed E-state index contributed by atoms with van der Waals surface area (Å²) in [6, 6.07) is 13.7. The zero-order valence-corrected chi connectivity index (χ0v) is 16.1. The van der Waals surface area contributed by atoms with E-state index in [-0.39, 0.29) is 12.2 Å². The lowest BCUT2D eigenvalue weighted by Crippen LogP contribution is -2.31. The summed E-state index contributed by atoms with van der Waals surface area (Å²) in [5.74, 6) is -1.14. The number of carboxylic acid groups (broad SMARTS) is 1. The number of rotatable bonds is 6. The summed E-state index contributed by atoms with van der Waals surface area (Å²) in [5.41, 5.74) is 2.34. The number of amides is 1. The zero-order valence-electron chi connectivity index (χ0n) is 15.4. The van der Waals surface area contributed by atoms with Gasteiger partial charge in [0, 0.05) is 0 Å². The Hall–Kier alpha value is -3.19. The number of carbonyl (C=O) groups is 2. The number of nitrogens with zero attached hydrogens (tertiary/aromatic N) is 3. The maximum Gasteiger partial charge on any atom is 0.305 e. The molecule has 2 aromatic carbocycles. The molecule has 0 aliphatic carbocycles. The van der Waals surface area contributed by atoms with E-state index in [9.17, 15) is 14.7 Å². The summed E-state index contributed by atoms with van der Waals surface area (Å²) >= 11 is 6.20. The minimum Gasteiger partial charge on any atom is -0.481 e. The fourth-order valence-corrected chi connectivity index (χ4v) is 3.00. The van der Waals surface area contributed by atoms with E-state index in [0.29, 0.717) is 22.1 Å². The van der Waals surface area contributed by atoms with Crippen molar-refractivity contribution in [3.8, 4) is 5.69 Å². The van der Waals surface area contributed by atoms with Gasteiger partial charge in [0.2, 0.25) is 5.82 Å². The number of halogens is 1. The van der Waals surface area contributed by atoms with Gasteiger partial charge in [0.05, 0.1) is 23.2 Å². The van der Waals surface area contributed by atoms with E-state index in [1.165, 1.54) is 4.68 Å². The summed E-state index contributed by atoms with van der Waals surface area (Å²) in [4.78, 5) is 28.1. The molecule has 3 rings (SSSR count). The van der Waals surface area contributed by atoms with Crippen LogP contribution in [-0.2, 0) is 4.79 Å². The molecule has 28 heavy (non-hydrogen) atoms. The summed E-state index contributed by atoms with van der Waals surface area (Å²) in [5, 5.41) is 16.6. The molecule has 0 bridgehead atoms. The quantitative estimate of drug-likeness (QED) is 0.662. The molecule has 0 saturated carbocycles. The standard InChI is InChI=1S/C20H19ClN4O3/c1-12-7-9-14(10-8-12)16(11-18(26)27)23-20(28)19-22-13(2)25(24-19)17-6-4-3-5-15(17)21/h3-10,16H,11H2,1-2H3,(H,23,28)(H,26,27)/t16-/m0/s1. The Morgan fingerprint density at radius 2 is 1.82 bits per heavy atom. The topological polar surface area (TPSA) is 97.1 Å². The lowest BCUT2D eigenvalue weighted by molar-refractivity contribution is -0.137. The number of carbonyl (C=O) groups excluding carboxylic acids is 1. The number of para-hydroxylation sites is 1. The van der Waals surface area contributed by atoms with E-state index in [2.05, 4.69) is 15.4 Å². The molecule has 0 spiro atoms. The van der Waals surface area contributed by atoms with Gasteiger partial charge in [-0.3, -0.25) is 9.59 Å². The predicted octanol–water partition coefficient (Wildman–Crippen LogP) is 3.48. The van der Waals surface area contributed by atoms with Crippen molar-refractivity contribution in [2.75, 3.05) is 0 Å². The fourth-order valence-electron chi connectivity index (χ4n) is 2.79. The first-order valence-corrected chi connectivity index (χ1v) is 9.00. The smallest absolute Gasteiger partial charge is 0.305 e.